The molecule has 0 fully saturated rings. The van der Waals surface area contributed by atoms with Gasteiger partial charge in [-0.05, 0) is 61.8 Å². The number of allylic oxidation sites excluding steroid dienone is 10. The summed E-state index contributed by atoms with van der Waals surface area (Å²) in [5, 5.41) is 9.84. The number of benzene rings is 2. The van der Waals surface area contributed by atoms with Crippen LogP contribution < -0.4 is 5.73 Å². The van der Waals surface area contributed by atoms with Crippen LogP contribution in [0.3, 0.4) is 0 Å². The van der Waals surface area contributed by atoms with Crippen LogP contribution in [-0.2, 0) is 0 Å². The third kappa shape index (κ3) is 6.96. The minimum Gasteiger partial charge on any atom is -0.398 e. The fraction of sp³-hybridized carbons (Fsp3) is 0.182. The molecule has 0 unspecified atom stereocenters. The summed E-state index contributed by atoms with van der Waals surface area (Å²) in [6.45, 7) is 16.1. The van der Waals surface area contributed by atoms with Crippen molar-refractivity contribution in [1.82, 2.24) is 4.57 Å². The first-order valence-corrected chi connectivity index (χ1v) is 12.4. The normalized spacial score (nSPS) is 13.1. The molecule has 36 heavy (non-hydrogen) atoms. The highest BCUT2D eigenvalue weighted by molar-refractivity contribution is 6.10. The van der Waals surface area contributed by atoms with Crippen molar-refractivity contribution in [1.29, 1.82) is 5.41 Å². The van der Waals surface area contributed by atoms with Crippen molar-refractivity contribution in [3.8, 4) is 0 Å². The summed E-state index contributed by atoms with van der Waals surface area (Å²) in [5.74, 6) is 0. The molecule has 186 valence electrons. The summed E-state index contributed by atoms with van der Waals surface area (Å²) in [5.41, 5.74) is 13.3. The number of fused-ring (bicyclic) bond motifs is 3. The van der Waals surface area contributed by atoms with E-state index < -0.39 is 0 Å². The molecule has 0 radical (unpaired) electrons. The van der Waals surface area contributed by atoms with E-state index in [-0.39, 0.29) is 0 Å². The van der Waals surface area contributed by atoms with Gasteiger partial charge in [-0.3, -0.25) is 0 Å². The molecule has 3 nitrogen and oxygen atoms in total. The standard InChI is InChI=1S/C30H31N3.C3H8/c1-5-10-23(11-6-2)15-16-25(21-28(32)24(7-3)18-19-31)33-29-13-9-8-12-26(29)27-20-22(4)14-17-30(27)33;1-3-2/h5-14,16-21,31H,1,3,15,32H2,2,4H3;3H2,1-2H3/b11-6-,23-10+,24-18+,25-16+,28-21-,31-19?;. The van der Waals surface area contributed by atoms with Crippen molar-refractivity contribution in [2.75, 3.05) is 0 Å². The Morgan fingerprint density at radius 1 is 1.03 bits per heavy atom. The average molecular weight is 478 g/mol. The Kier molecular flexibility index (Phi) is 11.2. The summed E-state index contributed by atoms with van der Waals surface area (Å²) in [7, 11) is 0. The second-order valence-corrected chi connectivity index (χ2v) is 8.48. The largest absolute Gasteiger partial charge is 0.398 e. The van der Waals surface area contributed by atoms with E-state index in [0.717, 1.165) is 22.3 Å². The first kappa shape index (κ1) is 28.1. The van der Waals surface area contributed by atoms with E-state index in [4.69, 9.17) is 11.1 Å². The van der Waals surface area contributed by atoms with Gasteiger partial charge in [0, 0.05) is 28.4 Å². The molecule has 0 atom stereocenters. The molecule has 0 spiro atoms. The van der Waals surface area contributed by atoms with Crippen molar-refractivity contribution in [2.24, 2.45) is 5.73 Å². The fourth-order valence-electron chi connectivity index (χ4n) is 3.97. The zero-order valence-electron chi connectivity index (χ0n) is 22.1. The molecule has 1 heterocycles. The molecule has 0 saturated carbocycles. The predicted molar refractivity (Wildman–Crippen MR) is 161 cm³/mol. The van der Waals surface area contributed by atoms with E-state index in [1.165, 1.54) is 29.0 Å². The Bertz CT molecular complexity index is 1370. The van der Waals surface area contributed by atoms with Gasteiger partial charge in [-0.15, -0.1) is 0 Å². The molecule has 3 heteroatoms. The molecular weight excluding hydrogens is 438 g/mol. The number of nitrogens with one attached hydrogen (secondary N) is 1. The molecule has 0 amide bonds. The highest BCUT2D eigenvalue weighted by Gasteiger charge is 2.13. The maximum atomic E-state index is 7.44. The smallest absolute Gasteiger partial charge is 0.0541 e. The lowest BCUT2D eigenvalue weighted by atomic mass is 10.1. The highest BCUT2D eigenvalue weighted by Crippen LogP contribution is 2.33. The van der Waals surface area contributed by atoms with Crippen molar-refractivity contribution < 1.29 is 0 Å². The molecule has 0 aliphatic heterocycles. The monoisotopic (exact) mass is 477 g/mol. The van der Waals surface area contributed by atoms with Crippen LogP contribution in [0, 0.1) is 12.3 Å². The first-order valence-electron chi connectivity index (χ1n) is 12.4. The van der Waals surface area contributed by atoms with Crippen LogP contribution in [0.1, 0.15) is 39.2 Å². The van der Waals surface area contributed by atoms with Crippen molar-refractivity contribution in [2.45, 2.75) is 40.5 Å². The van der Waals surface area contributed by atoms with Crippen LogP contribution >= 0.6 is 0 Å². The molecule has 0 aliphatic carbocycles. The van der Waals surface area contributed by atoms with Crippen LogP contribution in [0.15, 0.2) is 121 Å². The molecule has 0 bridgehead atoms. The molecule has 0 aliphatic rings. The van der Waals surface area contributed by atoms with Gasteiger partial charge >= 0.3 is 0 Å². The number of hydrogen-bond acceptors (Lipinski definition) is 2. The molecule has 0 saturated heterocycles. The van der Waals surface area contributed by atoms with Crippen LogP contribution in [-0.4, -0.2) is 10.8 Å². The van der Waals surface area contributed by atoms with Crippen LogP contribution in [0.25, 0.3) is 27.5 Å². The number of aryl methyl sites for hydroxylation is 1. The second-order valence-electron chi connectivity index (χ2n) is 8.48. The van der Waals surface area contributed by atoms with Gasteiger partial charge in [0.25, 0.3) is 0 Å². The van der Waals surface area contributed by atoms with E-state index in [9.17, 15) is 0 Å². The van der Waals surface area contributed by atoms with Gasteiger partial charge in [0.15, 0.2) is 0 Å². The van der Waals surface area contributed by atoms with Gasteiger partial charge in [-0.2, -0.15) is 0 Å². The van der Waals surface area contributed by atoms with Crippen molar-refractivity contribution >= 4 is 33.7 Å². The quantitative estimate of drug-likeness (QED) is 0.234. The van der Waals surface area contributed by atoms with E-state index in [2.05, 4.69) is 93.1 Å². The third-order valence-electron chi connectivity index (χ3n) is 5.47. The number of para-hydroxylation sites is 1. The number of nitrogens with two attached hydrogens (primary N) is 1. The number of nitrogens with zero attached hydrogens (tertiary/aromatic N) is 1. The van der Waals surface area contributed by atoms with Gasteiger partial charge < -0.3 is 15.7 Å². The minimum atomic E-state index is 0.554. The number of hydrogen-bond donors (Lipinski definition) is 2. The van der Waals surface area contributed by atoms with Gasteiger partial charge in [0.2, 0.25) is 0 Å². The lowest BCUT2D eigenvalue weighted by molar-refractivity contribution is 1.09. The molecule has 1 aromatic heterocycles. The molecule has 3 aromatic rings. The lowest BCUT2D eigenvalue weighted by Crippen LogP contribution is -2.03. The highest BCUT2D eigenvalue weighted by atomic mass is 15.0. The minimum absolute atomic E-state index is 0.554. The summed E-state index contributed by atoms with van der Waals surface area (Å²) in [6.07, 6.45) is 18.6. The maximum absolute atomic E-state index is 7.44. The van der Waals surface area contributed by atoms with E-state index >= 15 is 0 Å². The van der Waals surface area contributed by atoms with E-state index in [1.54, 1.807) is 18.2 Å². The summed E-state index contributed by atoms with van der Waals surface area (Å²) in [6, 6.07) is 14.9. The van der Waals surface area contributed by atoms with Crippen molar-refractivity contribution in [3.05, 3.63) is 127 Å². The Labute approximate surface area is 216 Å². The zero-order valence-corrected chi connectivity index (χ0v) is 22.1. The summed E-state index contributed by atoms with van der Waals surface area (Å²) in [4.78, 5) is 0. The van der Waals surface area contributed by atoms with E-state index in [1.807, 2.05) is 25.2 Å². The van der Waals surface area contributed by atoms with Crippen LogP contribution in [0.2, 0.25) is 0 Å². The van der Waals surface area contributed by atoms with Crippen molar-refractivity contribution in [3.63, 3.8) is 0 Å². The topological polar surface area (TPSA) is 54.8 Å². The van der Waals surface area contributed by atoms with Gasteiger partial charge in [0.1, 0.15) is 0 Å². The Balaban J connectivity index is 0.00000145. The third-order valence-corrected chi connectivity index (χ3v) is 5.47. The van der Waals surface area contributed by atoms with E-state index in [0.29, 0.717) is 17.7 Å². The molecular formula is C33H39N3. The summed E-state index contributed by atoms with van der Waals surface area (Å²) < 4.78 is 2.25. The Morgan fingerprint density at radius 3 is 2.36 bits per heavy atom. The SMILES string of the molecule is C=C/C=C(\C=C/C)C\C=C(/C=C(N)/C(C=C)=C/C=N)n1c2ccccc2c2cc(C)ccc21.CCC. The molecule has 3 rings (SSSR count). The number of aromatic nitrogens is 1. The lowest BCUT2D eigenvalue weighted by Gasteiger charge is -2.12. The number of rotatable bonds is 9. The average Bonchev–Trinajstić information content (AvgIpc) is 3.19. The van der Waals surface area contributed by atoms with Gasteiger partial charge in [0.05, 0.1) is 11.0 Å². The molecule has 2 aromatic carbocycles. The first-order chi connectivity index (χ1) is 17.4. The summed E-state index contributed by atoms with van der Waals surface area (Å²) >= 11 is 0. The van der Waals surface area contributed by atoms with Gasteiger partial charge in [-0.1, -0.05) is 99.7 Å². The fourth-order valence-corrected chi connectivity index (χ4v) is 3.97. The predicted octanol–water partition coefficient (Wildman–Crippen LogP) is 9.04. The van der Waals surface area contributed by atoms with Crippen LogP contribution in [0.5, 0.6) is 0 Å². The Hall–Kier alpha value is -4.11. The molecule has 3 N–H and O–H groups in total. The maximum Gasteiger partial charge on any atom is 0.0541 e. The Morgan fingerprint density at radius 2 is 1.72 bits per heavy atom. The van der Waals surface area contributed by atoms with Crippen LogP contribution in [0.4, 0.5) is 0 Å². The second kappa shape index (κ2) is 14.3. The zero-order chi connectivity index (χ0) is 26.5. The van der Waals surface area contributed by atoms with Gasteiger partial charge in [-0.25, -0.2) is 0 Å².